The molecule has 16 heavy (non-hydrogen) atoms. The van der Waals surface area contributed by atoms with Crippen molar-refractivity contribution < 1.29 is 23.1 Å². The van der Waals surface area contributed by atoms with Crippen LogP contribution in [0.5, 0.6) is 0 Å². The first kappa shape index (κ1) is 10.5. The lowest BCUT2D eigenvalue weighted by atomic mass is 10.2. The van der Waals surface area contributed by atoms with Gasteiger partial charge in [0.15, 0.2) is 0 Å². The maximum absolute atomic E-state index is 12.6. The molecule has 0 amide bonds. The Balaban J connectivity index is 2.73. The number of hydrogen-bond donors (Lipinski definition) is 1. The van der Waals surface area contributed by atoms with Gasteiger partial charge in [-0.05, 0) is 18.2 Å². The van der Waals surface area contributed by atoms with Crippen LogP contribution in [-0.2, 0) is 6.18 Å². The molecular weight excluding hydrogens is 223 g/mol. The molecule has 0 unspecified atom stereocenters. The Morgan fingerprint density at radius 2 is 2.06 bits per heavy atom. The molecule has 0 aromatic carbocycles. The number of aromatic nitrogens is 1. The van der Waals surface area contributed by atoms with Crippen LogP contribution in [0.2, 0.25) is 0 Å². The van der Waals surface area contributed by atoms with Crippen LogP contribution in [0, 0.1) is 0 Å². The van der Waals surface area contributed by atoms with Crippen molar-refractivity contribution in [1.29, 1.82) is 0 Å². The molecule has 3 nitrogen and oxygen atoms in total. The summed E-state index contributed by atoms with van der Waals surface area (Å²) in [6.07, 6.45) is -1.97. The topological polar surface area (TPSA) is 41.7 Å². The van der Waals surface area contributed by atoms with Crippen molar-refractivity contribution in [2.24, 2.45) is 0 Å². The summed E-state index contributed by atoms with van der Waals surface area (Å²) < 4.78 is 38.8. The molecule has 0 spiro atoms. The van der Waals surface area contributed by atoms with Gasteiger partial charge in [0.2, 0.25) is 0 Å². The lowest BCUT2D eigenvalue weighted by Crippen LogP contribution is -2.06. The highest BCUT2D eigenvalue weighted by Gasteiger charge is 2.33. The number of carboxylic acids is 1. The van der Waals surface area contributed by atoms with Crippen LogP contribution in [0.15, 0.2) is 30.6 Å². The highest BCUT2D eigenvalue weighted by molar-refractivity contribution is 5.89. The SMILES string of the molecule is O=C(O)c1cc2c(C(F)(F)F)cccn2c1. The second-order valence-corrected chi connectivity index (χ2v) is 3.25. The molecule has 2 heterocycles. The standard InChI is InChI=1S/C10H6F3NO2/c11-10(12,13)7-2-1-3-14-5-6(9(15)16)4-8(7)14/h1-5H,(H,15,16). The highest BCUT2D eigenvalue weighted by atomic mass is 19.4. The third-order valence-corrected chi connectivity index (χ3v) is 2.19. The number of carbonyl (C=O) groups is 1. The fourth-order valence-electron chi connectivity index (χ4n) is 1.49. The summed E-state index contributed by atoms with van der Waals surface area (Å²) in [7, 11) is 0. The first-order chi connectivity index (χ1) is 7.39. The van der Waals surface area contributed by atoms with Crippen LogP contribution in [0.1, 0.15) is 15.9 Å². The number of fused-ring (bicyclic) bond motifs is 1. The van der Waals surface area contributed by atoms with E-state index in [1.165, 1.54) is 12.3 Å². The van der Waals surface area contributed by atoms with Crippen LogP contribution in [-0.4, -0.2) is 15.5 Å². The largest absolute Gasteiger partial charge is 0.478 e. The van der Waals surface area contributed by atoms with Crippen molar-refractivity contribution in [1.82, 2.24) is 4.40 Å². The minimum Gasteiger partial charge on any atom is -0.478 e. The van der Waals surface area contributed by atoms with E-state index in [9.17, 15) is 18.0 Å². The number of carboxylic acid groups (broad SMARTS) is 1. The van der Waals surface area contributed by atoms with E-state index in [2.05, 4.69) is 0 Å². The Morgan fingerprint density at radius 1 is 1.38 bits per heavy atom. The van der Waals surface area contributed by atoms with Crippen molar-refractivity contribution >= 4 is 11.5 Å². The Morgan fingerprint density at radius 3 is 2.62 bits per heavy atom. The third kappa shape index (κ3) is 1.62. The molecule has 0 saturated heterocycles. The molecule has 0 aliphatic rings. The summed E-state index contributed by atoms with van der Waals surface area (Å²) in [4.78, 5) is 10.6. The second-order valence-electron chi connectivity index (χ2n) is 3.25. The van der Waals surface area contributed by atoms with Gasteiger partial charge in [-0.3, -0.25) is 0 Å². The quantitative estimate of drug-likeness (QED) is 0.816. The van der Waals surface area contributed by atoms with Gasteiger partial charge in [0, 0.05) is 12.4 Å². The van der Waals surface area contributed by atoms with Crippen LogP contribution >= 0.6 is 0 Å². The maximum atomic E-state index is 12.6. The first-order valence-corrected chi connectivity index (χ1v) is 4.31. The number of nitrogens with zero attached hydrogens (tertiary/aromatic N) is 1. The van der Waals surface area contributed by atoms with Crippen molar-refractivity contribution in [2.45, 2.75) is 6.18 Å². The van der Waals surface area contributed by atoms with E-state index >= 15 is 0 Å². The van der Waals surface area contributed by atoms with Gasteiger partial charge in [0.1, 0.15) is 0 Å². The van der Waals surface area contributed by atoms with E-state index in [-0.39, 0.29) is 11.1 Å². The Bertz CT molecular complexity index is 557. The molecule has 0 atom stereocenters. The maximum Gasteiger partial charge on any atom is 0.418 e. The number of pyridine rings is 1. The predicted molar refractivity (Wildman–Crippen MR) is 49.4 cm³/mol. The minimum absolute atomic E-state index is 0.160. The highest BCUT2D eigenvalue weighted by Crippen LogP contribution is 2.32. The zero-order chi connectivity index (χ0) is 11.9. The fraction of sp³-hybridized carbons (Fsp3) is 0.100. The summed E-state index contributed by atoms with van der Waals surface area (Å²) in [5.74, 6) is -1.25. The lowest BCUT2D eigenvalue weighted by Gasteiger charge is -2.07. The molecule has 84 valence electrons. The van der Waals surface area contributed by atoms with E-state index in [0.717, 1.165) is 22.7 Å². The summed E-state index contributed by atoms with van der Waals surface area (Å²) in [5, 5.41) is 8.68. The number of hydrogen-bond acceptors (Lipinski definition) is 1. The molecule has 2 aromatic rings. The van der Waals surface area contributed by atoms with E-state index in [0.29, 0.717) is 0 Å². The smallest absolute Gasteiger partial charge is 0.418 e. The molecule has 0 saturated carbocycles. The molecule has 0 aliphatic heterocycles. The minimum atomic E-state index is -4.49. The molecule has 2 aromatic heterocycles. The molecule has 1 N–H and O–H groups in total. The molecule has 0 bridgehead atoms. The molecule has 0 fully saturated rings. The summed E-state index contributed by atoms with van der Waals surface area (Å²) >= 11 is 0. The van der Waals surface area contributed by atoms with Gasteiger partial charge in [-0.25, -0.2) is 4.79 Å². The van der Waals surface area contributed by atoms with Gasteiger partial charge in [-0.2, -0.15) is 13.2 Å². The van der Waals surface area contributed by atoms with Gasteiger partial charge in [0.05, 0.1) is 16.6 Å². The van der Waals surface area contributed by atoms with Gasteiger partial charge >= 0.3 is 12.1 Å². The summed E-state index contributed by atoms with van der Waals surface area (Å²) in [5.41, 5.74) is -1.17. The van der Waals surface area contributed by atoms with Gasteiger partial charge in [-0.15, -0.1) is 0 Å². The van der Waals surface area contributed by atoms with Crippen molar-refractivity contribution in [2.75, 3.05) is 0 Å². The predicted octanol–water partition coefficient (Wildman–Crippen LogP) is 2.66. The van der Waals surface area contributed by atoms with E-state index in [1.807, 2.05) is 0 Å². The Labute approximate surface area is 87.7 Å². The van der Waals surface area contributed by atoms with Crippen molar-refractivity contribution in [3.8, 4) is 0 Å². The lowest BCUT2D eigenvalue weighted by molar-refractivity contribution is -0.136. The molecule has 6 heteroatoms. The molecule has 2 rings (SSSR count). The van der Waals surface area contributed by atoms with Gasteiger partial charge in [0.25, 0.3) is 0 Å². The zero-order valence-electron chi connectivity index (χ0n) is 7.82. The van der Waals surface area contributed by atoms with Crippen molar-refractivity contribution in [3.05, 3.63) is 41.7 Å². The number of halogens is 3. The number of rotatable bonds is 1. The van der Waals surface area contributed by atoms with Crippen molar-refractivity contribution in [3.63, 3.8) is 0 Å². The van der Waals surface area contributed by atoms with Crippen LogP contribution in [0.4, 0.5) is 13.2 Å². The average Bonchev–Trinajstić information content (AvgIpc) is 2.58. The molecule has 0 radical (unpaired) electrons. The monoisotopic (exact) mass is 229 g/mol. The average molecular weight is 229 g/mol. The van der Waals surface area contributed by atoms with Gasteiger partial charge in [-0.1, -0.05) is 0 Å². The molecular formula is C10H6F3NO2. The Hall–Kier alpha value is -1.98. The summed E-state index contributed by atoms with van der Waals surface area (Å²) in [6.45, 7) is 0. The first-order valence-electron chi connectivity index (χ1n) is 4.31. The van der Waals surface area contributed by atoms with Crippen LogP contribution in [0.25, 0.3) is 5.52 Å². The fourth-order valence-corrected chi connectivity index (χ4v) is 1.49. The number of alkyl halides is 3. The molecule has 0 aliphatic carbocycles. The summed E-state index contributed by atoms with van der Waals surface area (Å²) in [6, 6.07) is 3.15. The van der Waals surface area contributed by atoms with E-state index < -0.39 is 17.7 Å². The zero-order valence-corrected chi connectivity index (χ0v) is 7.82. The second kappa shape index (κ2) is 3.26. The Kier molecular flexibility index (Phi) is 2.15. The van der Waals surface area contributed by atoms with E-state index in [1.54, 1.807) is 0 Å². The normalized spacial score (nSPS) is 11.9. The van der Waals surface area contributed by atoms with Crippen LogP contribution in [0.3, 0.4) is 0 Å². The van der Waals surface area contributed by atoms with Gasteiger partial charge < -0.3 is 9.51 Å². The third-order valence-electron chi connectivity index (χ3n) is 2.19. The van der Waals surface area contributed by atoms with E-state index in [4.69, 9.17) is 5.11 Å². The number of aromatic carboxylic acids is 1. The van der Waals surface area contributed by atoms with Crippen LogP contribution < -0.4 is 0 Å².